The number of carbonyl (C=O) groups excluding carboxylic acids is 3. The molecule has 3 aliphatic heterocycles. The van der Waals surface area contributed by atoms with Gasteiger partial charge >= 0.3 is 5.97 Å². The molecule has 0 aliphatic carbocycles. The van der Waals surface area contributed by atoms with Gasteiger partial charge in [0.25, 0.3) is 5.91 Å². The molecule has 3 aliphatic rings. The van der Waals surface area contributed by atoms with Gasteiger partial charge in [-0.15, -0.1) is 5.10 Å². The van der Waals surface area contributed by atoms with Gasteiger partial charge in [0, 0.05) is 17.7 Å². The SMILES string of the molecule is O=C(O)CCn1cc(CNc2ccc3c(c2)C(=O)N(C2CCC(=O)NC2=O)C2OC32)nn1. The number of benzene rings is 1. The van der Waals surface area contributed by atoms with Crippen LogP contribution in [0.2, 0.25) is 0 Å². The lowest BCUT2D eigenvalue weighted by molar-refractivity contribution is -0.138. The van der Waals surface area contributed by atoms with E-state index in [1.165, 1.54) is 9.58 Å². The normalized spacial score (nSPS) is 23.9. The standard InChI is InChI=1S/C20H20N6O6/c27-15-4-3-14(18(30)22-15)26-19(31)13-7-10(1-2-12(13)17-20(26)32-17)21-8-11-9-25(24-23-11)6-5-16(28)29/h1-2,7,9,14,17,20-21H,3-6,8H2,(H,28,29)(H,22,27,30). The molecular formula is C20H20N6O6. The number of imide groups is 1. The number of aromatic nitrogens is 3. The molecule has 5 rings (SSSR count). The number of hydrogen-bond acceptors (Lipinski definition) is 8. The number of epoxide rings is 1. The number of ether oxygens (including phenoxy) is 1. The van der Waals surface area contributed by atoms with E-state index in [1.807, 2.05) is 12.1 Å². The Hall–Kier alpha value is -3.80. The van der Waals surface area contributed by atoms with Crippen molar-refractivity contribution in [2.75, 3.05) is 5.32 Å². The zero-order valence-electron chi connectivity index (χ0n) is 16.9. The molecule has 0 spiro atoms. The summed E-state index contributed by atoms with van der Waals surface area (Å²) in [7, 11) is 0. The second-order valence-electron chi connectivity index (χ2n) is 7.90. The summed E-state index contributed by atoms with van der Waals surface area (Å²) in [5, 5.41) is 22.1. The molecule has 12 heteroatoms. The van der Waals surface area contributed by atoms with Crippen molar-refractivity contribution in [2.24, 2.45) is 0 Å². The summed E-state index contributed by atoms with van der Waals surface area (Å²) in [6, 6.07) is 4.64. The lowest BCUT2D eigenvalue weighted by Gasteiger charge is -2.34. The third-order valence-electron chi connectivity index (χ3n) is 5.73. The van der Waals surface area contributed by atoms with Crippen LogP contribution in [-0.2, 0) is 32.2 Å². The highest BCUT2D eigenvalue weighted by Gasteiger charge is 2.56. The Balaban J connectivity index is 1.29. The molecule has 1 aromatic carbocycles. The van der Waals surface area contributed by atoms with Crippen LogP contribution in [0.15, 0.2) is 24.4 Å². The number of nitrogens with zero attached hydrogens (tertiary/aromatic N) is 4. The fourth-order valence-electron chi connectivity index (χ4n) is 4.10. The average Bonchev–Trinajstić information content (AvgIpc) is 3.42. The molecule has 32 heavy (non-hydrogen) atoms. The Morgan fingerprint density at radius 3 is 2.94 bits per heavy atom. The van der Waals surface area contributed by atoms with Crippen LogP contribution in [0.4, 0.5) is 5.69 Å². The van der Waals surface area contributed by atoms with Crippen molar-refractivity contribution in [1.29, 1.82) is 0 Å². The molecule has 1 aromatic heterocycles. The predicted molar refractivity (Wildman–Crippen MR) is 106 cm³/mol. The molecule has 0 bridgehead atoms. The number of fused-ring (bicyclic) bond motifs is 3. The molecule has 12 nitrogen and oxygen atoms in total. The molecule has 3 unspecified atom stereocenters. The maximum absolute atomic E-state index is 13.2. The van der Waals surface area contributed by atoms with E-state index in [1.54, 1.807) is 12.3 Å². The van der Waals surface area contributed by atoms with Crippen molar-refractivity contribution in [3.05, 3.63) is 41.2 Å². The Morgan fingerprint density at radius 2 is 2.16 bits per heavy atom. The molecule has 0 radical (unpaired) electrons. The Labute approximate surface area is 181 Å². The molecule has 3 amide bonds. The van der Waals surface area contributed by atoms with Crippen LogP contribution in [0.1, 0.15) is 47.0 Å². The number of aliphatic carboxylic acids is 1. The van der Waals surface area contributed by atoms with Crippen LogP contribution in [0.5, 0.6) is 0 Å². The quantitative estimate of drug-likeness (QED) is 0.398. The number of hydrogen-bond donors (Lipinski definition) is 3. The molecule has 3 N–H and O–H groups in total. The van der Waals surface area contributed by atoms with E-state index in [-0.39, 0.29) is 43.7 Å². The van der Waals surface area contributed by atoms with Gasteiger partial charge in [-0.25, -0.2) is 0 Å². The Morgan fingerprint density at radius 1 is 1.31 bits per heavy atom. The van der Waals surface area contributed by atoms with Crippen LogP contribution >= 0.6 is 0 Å². The summed E-state index contributed by atoms with van der Waals surface area (Å²) in [5.41, 5.74) is 2.52. The summed E-state index contributed by atoms with van der Waals surface area (Å²) in [4.78, 5) is 49.1. The smallest absolute Gasteiger partial charge is 0.305 e. The molecule has 0 saturated carbocycles. The zero-order valence-corrected chi connectivity index (χ0v) is 16.9. The van der Waals surface area contributed by atoms with E-state index >= 15 is 0 Å². The maximum atomic E-state index is 13.2. The maximum Gasteiger partial charge on any atom is 0.305 e. The van der Waals surface area contributed by atoms with Gasteiger partial charge in [0.1, 0.15) is 17.8 Å². The summed E-state index contributed by atoms with van der Waals surface area (Å²) in [6.07, 6.45) is 1.30. The monoisotopic (exact) mass is 440 g/mol. The van der Waals surface area contributed by atoms with E-state index in [0.717, 1.165) is 5.56 Å². The van der Waals surface area contributed by atoms with Gasteiger partial charge in [-0.3, -0.25) is 34.1 Å². The van der Waals surface area contributed by atoms with E-state index in [2.05, 4.69) is 20.9 Å². The molecule has 166 valence electrons. The van der Waals surface area contributed by atoms with Gasteiger partial charge in [0.05, 0.1) is 25.7 Å². The number of piperidine rings is 1. The van der Waals surface area contributed by atoms with Crippen molar-refractivity contribution in [2.45, 2.75) is 50.7 Å². The number of amides is 3. The fraction of sp³-hybridized carbons (Fsp3) is 0.400. The van der Waals surface area contributed by atoms with Crippen LogP contribution < -0.4 is 10.6 Å². The summed E-state index contributed by atoms with van der Waals surface area (Å²) >= 11 is 0. The first-order chi connectivity index (χ1) is 15.4. The number of carbonyl (C=O) groups is 4. The summed E-state index contributed by atoms with van der Waals surface area (Å²) in [5.74, 6) is -2.04. The first-order valence-electron chi connectivity index (χ1n) is 10.2. The summed E-state index contributed by atoms with van der Waals surface area (Å²) < 4.78 is 7.15. The predicted octanol–water partition coefficient (Wildman–Crippen LogP) is 0.0233. The van der Waals surface area contributed by atoms with Gasteiger partial charge in [0.15, 0.2) is 6.23 Å². The van der Waals surface area contributed by atoms with Crippen molar-refractivity contribution in [3.63, 3.8) is 0 Å². The highest BCUT2D eigenvalue weighted by Crippen LogP contribution is 2.48. The Bertz CT molecular complexity index is 1130. The number of aryl methyl sites for hydroxylation is 1. The van der Waals surface area contributed by atoms with Crippen LogP contribution in [-0.4, -0.2) is 61.0 Å². The van der Waals surface area contributed by atoms with Gasteiger partial charge in [-0.2, -0.15) is 0 Å². The van der Waals surface area contributed by atoms with Crippen molar-refractivity contribution >= 4 is 29.4 Å². The van der Waals surface area contributed by atoms with Gasteiger partial charge in [-0.05, 0) is 24.1 Å². The number of nitrogens with one attached hydrogen (secondary N) is 2. The van der Waals surface area contributed by atoms with Gasteiger partial charge in [0.2, 0.25) is 11.8 Å². The molecule has 2 saturated heterocycles. The topological polar surface area (TPSA) is 159 Å². The zero-order chi connectivity index (χ0) is 22.4. The second kappa shape index (κ2) is 7.71. The molecule has 3 atom stereocenters. The van der Waals surface area contributed by atoms with E-state index in [4.69, 9.17) is 9.84 Å². The van der Waals surface area contributed by atoms with Crippen LogP contribution in [0.25, 0.3) is 0 Å². The highest BCUT2D eigenvalue weighted by molar-refractivity contribution is 6.05. The minimum Gasteiger partial charge on any atom is -0.481 e. The van der Waals surface area contributed by atoms with Crippen molar-refractivity contribution < 1.29 is 29.0 Å². The Kier molecular flexibility index (Phi) is 4.85. The lowest BCUT2D eigenvalue weighted by Crippen LogP contribution is -2.56. The first-order valence-corrected chi connectivity index (χ1v) is 10.2. The van der Waals surface area contributed by atoms with E-state index in [0.29, 0.717) is 23.5 Å². The first kappa shape index (κ1) is 20.1. The van der Waals surface area contributed by atoms with Gasteiger partial charge in [-0.1, -0.05) is 11.3 Å². The number of rotatable bonds is 7. The fourth-order valence-corrected chi connectivity index (χ4v) is 4.10. The highest BCUT2D eigenvalue weighted by atomic mass is 16.6. The van der Waals surface area contributed by atoms with Crippen molar-refractivity contribution in [1.82, 2.24) is 25.2 Å². The lowest BCUT2D eigenvalue weighted by atomic mass is 9.94. The van der Waals surface area contributed by atoms with E-state index in [9.17, 15) is 19.2 Å². The largest absolute Gasteiger partial charge is 0.481 e. The summed E-state index contributed by atoms with van der Waals surface area (Å²) in [6.45, 7) is 0.563. The number of carboxylic acids is 1. The van der Waals surface area contributed by atoms with Gasteiger partial charge < -0.3 is 15.2 Å². The minimum absolute atomic E-state index is 0.0446. The molecule has 2 aromatic rings. The van der Waals surface area contributed by atoms with Crippen LogP contribution in [0.3, 0.4) is 0 Å². The van der Waals surface area contributed by atoms with Crippen LogP contribution in [0, 0.1) is 0 Å². The third-order valence-corrected chi connectivity index (χ3v) is 5.73. The molecular weight excluding hydrogens is 420 g/mol. The van der Waals surface area contributed by atoms with Crippen molar-refractivity contribution in [3.8, 4) is 0 Å². The molecule has 4 heterocycles. The van der Waals surface area contributed by atoms with E-state index < -0.39 is 24.1 Å². The average molecular weight is 440 g/mol. The molecule has 2 fully saturated rings. The number of anilines is 1. The minimum atomic E-state index is -0.910. The third kappa shape index (κ3) is 3.68. The number of carboxylic acid groups (broad SMARTS) is 1. The second-order valence-corrected chi connectivity index (χ2v) is 7.90.